The number of ether oxygens (including phenoxy) is 1. The standard InChI is InChI=1S/C31H38ClN3O5S/c1-7-27(30(37)33-31(3,4)5)34(20-23-12-16-25(40-6)17-13-23)29(36)21-35(28-11-9-8-10-22(28)2)41(38,39)26-18-14-24(32)15-19-26/h8-19,27H,7,20-21H2,1-6H3,(H,33,37). The molecule has 0 spiro atoms. The number of hydrogen-bond acceptors (Lipinski definition) is 5. The fourth-order valence-electron chi connectivity index (χ4n) is 4.39. The second-order valence-electron chi connectivity index (χ2n) is 10.8. The summed E-state index contributed by atoms with van der Waals surface area (Å²) in [5.41, 5.74) is 1.29. The van der Waals surface area contributed by atoms with E-state index in [0.717, 1.165) is 9.87 Å². The van der Waals surface area contributed by atoms with Crippen molar-refractivity contribution in [2.24, 2.45) is 0 Å². The number of amides is 2. The van der Waals surface area contributed by atoms with E-state index >= 15 is 0 Å². The molecule has 0 saturated heterocycles. The Kier molecular flexibility index (Phi) is 10.4. The zero-order chi connectivity index (χ0) is 30.4. The number of rotatable bonds is 11. The molecule has 0 bridgehead atoms. The Bertz CT molecular complexity index is 1450. The van der Waals surface area contributed by atoms with E-state index < -0.39 is 34.1 Å². The predicted molar refractivity (Wildman–Crippen MR) is 163 cm³/mol. The number of nitrogens with one attached hydrogen (secondary N) is 1. The largest absolute Gasteiger partial charge is 0.497 e. The molecule has 0 aliphatic heterocycles. The number of para-hydroxylation sites is 1. The maximum Gasteiger partial charge on any atom is 0.264 e. The number of benzene rings is 3. The van der Waals surface area contributed by atoms with Gasteiger partial charge >= 0.3 is 0 Å². The summed E-state index contributed by atoms with van der Waals surface area (Å²) in [4.78, 5) is 29.0. The van der Waals surface area contributed by atoms with Crippen LogP contribution in [0.4, 0.5) is 5.69 Å². The number of sulfonamides is 1. The van der Waals surface area contributed by atoms with Crippen LogP contribution in [0.5, 0.6) is 5.75 Å². The first-order valence-electron chi connectivity index (χ1n) is 13.3. The molecule has 1 N–H and O–H groups in total. The normalized spacial score (nSPS) is 12.4. The first kappa shape index (κ1) is 32.0. The molecular formula is C31H38ClN3O5S. The average Bonchev–Trinajstić information content (AvgIpc) is 2.91. The molecule has 3 aromatic rings. The molecule has 0 aromatic heterocycles. The van der Waals surface area contributed by atoms with E-state index in [1.807, 2.05) is 39.8 Å². The van der Waals surface area contributed by atoms with Crippen molar-refractivity contribution < 1.29 is 22.7 Å². The van der Waals surface area contributed by atoms with E-state index in [1.165, 1.54) is 29.2 Å². The van der Waals surface area contributed by atoms with Gasteiger partial charge in [0.1, 0.15) is 18.3 Å². The first-order valence-corrected chi connectivity index (χ1v) is 15.2. The van der Waals surface area contributed by atoms with Crippen molar-refractivity contribution in [3.05, 3.63) is 88.9 Å². The lowest BCUT2D eigenvalue weighted by Gasteiger charge is -2.35. The lowest BCUT2D eigenvalue weighted by atomic mass is 10.1. The molecular weight excluding hydrogens is 562 g/mol. The summed E-state index contributed by atoms with van der Waals surface area (Å²) in [5, 5.41) is 3.36. The van der Waals surface area contributed by atoms with Gasteiger partial charge in [-0.2, -0.15) is 0 Å². The summed E-state index contributed by atoms with van der Waals surface area (Å²) < 4.78 is 34.3. The van der Waals surface area contributed by atoms with Gasteiger partial charge in [0.25, 0.3) is 10.0 Å². The Morgan fingerprint density at radius 3 is 2.12 bits per heavy atom. The van der Waals surface area contributed by atoms with E-state index in [-0.39, 0.29) is 17.3 Å². The Labute approximate surface area is 248 Å². The van der Waals surface area contributed by atoms with Gasteiger partial charge < -0.3 is 15.0 Å². The minimum absolute atomic E-state index is 0.00262. The quantitative estimate of drug-likeness (QED) is 0.311. The number of methoxy groups -OCH3 is 1. The van der Waals surface area contributed by atoms with Crippen molar-refractivity contribution in [3.63, 3.8) is 0 Å². The molecule has 41 heavy (non-hydrogen) atoms. The molecule has 8 nitrogen and oxygen atoms in total. The Balaban J connectivity index is 2.08. The third-order valence-corrected chi connectivity index (χ3v) is 8.49. The van der Waals surface area contributed by atoms with Gasteiger partial charge in [-0.25, -0.2) is 8.42 Å². The molecule has 220 valence electrons. The van der Waals surface area contributed by atoms with Crippen LogP contribution in [0.1, 0.15) is 45.2 Å². The molecule has 1 unspecified atom stereocenters. The van der Waals surface area contributed by atoms with Crippen LogP contribution in [0, 0.1) is 6.92 Å². The van der Waals surface area contributed by atoms with Crippen molar-refractivity contribution in [3.8, 4) is 5.75 Å². The van der Waals surface area contributed by atoms with Gasteiger partial charge in [-0.3, -0.25) is 13.9 Å². The van der Waals surface area contributed by atoms with Crippen LogP contribution in [0.2, 0.25) is 5.02 Å². The molecule has 3 aromatic carbocycles. The molecule has 0 heterocycles. The van der Waals surface area contributed by atoms with Crippen molar-refractivity contribution >= 4 is 39.1 Å². The summed E-state index contributed by atoms with van der Waals surface area (Å²) in [6.07, 6.45) is 0.331. The lowest BCUT2D eigenvalue weighted by Crippen LogP contribution is -2.55. The Morgan fingerprint density at radius 2 is 1.59 bits per heavy atom. The number of carbonyl (C=O) groups is 2. The van der Waals surface area contributed by atoms with Crippen LogP contribution in [0.3, 0.4) is 0 Å². The third kappa shape index (κ3) is 8.24. The maximum atomic E-state index is 14.2. The highest BCUT2D eigenvalue weighted by Gasteiger charge is 2.35. The number of hydrogen-bond donors (Lipinski definition) is 1. The monoisotopic (exact) mass is 599 g/mol. The molecule has 10 heteroatoms. The van der Waals surface area contributed by atoms with E-state index in [1.54, 1.807) is 50.4 Å². The van der Waals surface area contributed by atoms with Crippen molar-refractivity contribution in [1.29, 1.82) is 0 Å². The molecule has 0 aliphatic rings. The number of carbonyl (C=O) groups excluding carboxylic acids is 2. The van der Waals surface area contributed by atoms with Crippen molar-refractivity contribution in [2.75, 3.05) is 18.0 Å². The lowest BCUT2D eigenvalue weighted by molar-refractivity contribution is -0.141. The van der Waals surface area contributed by atoms with Crippen LogP contribution in [0.25, 0.3) is 0 Å². The van der Waals surface area contributed by atoms with Gasteiger partial charge in [0.2, 0.25) is 11.8 Å². The van der Waals surface area contributed by atoms with Crippen LogP contribution >= 0.6 is 11.6 Å². The predicted octanol–water partition coefficient (Wildman–Crippen LogP) is 5.57. The topological polar surface area (TPSA) is 96.0 Å². The smallest absolute Gasteiger partial charge is 0.264 e. The van der Waals surface area contributed by atoms with Gasteiger partial charge in [0, 0.05) is 17.1 Å². The highest BCUT2D eigenvalue weighted by molar-refractivity contribution is 7.92. The second-order valence-corrected chi connectivity index (χ2v) is 13.1. The Hall–Kier alpha value is -3.56. The van der Waals surface area contributed by atoms with Crippen LogP contribution in [0.15, 0.2) is 77.7 Å². The summed E-state index contributed by atoms with van der Waals surface area (Å²) in [5.74, 6) is -0.175. The zero-order valence-corrected chi connectivity index (χ0v) is 25.9. The highest BCUT2D eigenvalue weighted by atomic mass is 35.5. The number of nitrogens with zero attached hydrogens (tertiary/aromatic N) is 2. The molecule has 0 fully saturated rings. The second kappa shape index (κ2) is 13.4. The van der Waals surface area contributed by atoms with Crippen LogP contribution in [-0.2, 0) is 26.2 Å². The van der Waals surface area contributed by atoms with Gasteiger partial charge in [0.15, 0.2) is 0 Å². The maximum absolute atomic E-state index is 14.2. The highest BCUT2D eigenvalue weighted by Crippen LogP contribution is 2.28. The van der Waals surface area contributed by atoms with Crippen LogP contribution < -0.4 is 14.4 Å². The summed E-state index contributed by atoms with van der Waals surface area (Å²) in [6.45, 7) is 8.80. The van der Waals surface area contributed by atoms with Crippen LogP contribution in [-0.4, -0.2) is 50.4 Å². The number of anilines is 1. The molecule has 1 atom stereocenters. The molecule has 2 amide bonds. The van der Waals surface area contributed by atoms with E-state index in [2.05, 4.69) is 5.32 Å². The van der Waals surface area contributed by atoms with Gasteiger partial charge in [0.05, 0.1) is 17.7 Å². The van der Waals surface area contributed by atoms with Gasteiger partial charge in [-0.1, -0.05) is 48.9 Å². The SMILES string of the molecule is CCC(C(=O)NC(C)(C)C)N(Cc1ccc(OC)cc1)C(=O)CN(c1ccccc1C)S(=O)(=O)c1ccc(Cl)cc1. The summed E-state index contributed by atoms with van der Waals surface area (Å²) in [6, 6.07) is 19.1. The summed E-state index contributed by atoms with van der Waals surface area (Å²) >= 11 is 6.02. The number of aryl methyl sites for hydroxylation is 1. The third-order valence-electron chi connectivity index (χ3n) is 6.46. The van der Waals surface area contributed by atoms with E-state index in [9.17, 15) is 18.0 Å². The fraction of sp³-hybridized carbons (Fsp3) is 0.355. The van der Waals surface area contributed by atoms with E-state index in [0.29, 0.717) is 28.4 Å². The minimum Gasteiger partial charge on any atom is -0.497 e. The Morgan fingerprint density at radius 1 is 0.976 bits per heavy atom. The zero-order valence-electron chi connectivity index (χ0n) is 24.3. The van der Waals surface area contributed by atoms with Crippen molar-refractivity contribution in [1.82, 2.24) is 10.2 Å². The molecule has 0 aliphatic carbocycles. The van der Waals surface area contributed by atoms with Gasteiger partial charge in [-0.15, -0.1) is 0 Å². The molecule has 0 saturated carbocycles. The molecule has 3 rings (SSSR count). The van der Waals surface area contributed by atoms with Gasteiger partial charge in [-0.05, 0) is 87.7 Å². The molecule has 0 radical (unpaired) electrons. The fourth-order valence-corrected chi connectivity index (χ4v) is 6.00. The number of halogens is 1. The first-order chi connectivity index (χ1) is 19.3. The van der Waals surface area contributed by atoms with Crippen molar-refractivity contribution in [2.45, 2.75) is 64.1 Å². The van der Waals surface area contributed by atoms with E-state index in [4.69, 9.17) is 16.3 Å². The average molecular weight is 600 g/mol. The summed E-state index contributed by atoms with van der Waals surface area (Å²) in [7, 11) is -2.61. The minimum atomic E-state index is -4.18.